The van der Waals surface area contributed by atoms with Crippen LogP contribution in [0.1, 0.15) is 16.7 Å². The fraction of sp³-hybridized carbons (Fsp3) is 0.200. The van der Waals surface area contributed by atoms with Crippen molar-refractivity contribution >= 4 is 27.5 Å². The summed E-state index contributed by atoms with van der Waals surface area (Å²) in [5.41, 5.74) is 9.99. The van der Waals surface area contributed by atoms with Crippen LogP contribution in [0.4, 0.5) is 5.69 Å². The van der Waals surface area contributed by atoms with Crippen LogP contribution < -0.4 is 10.9 Å². The molecule has 0 aliphatic carbocycles. The molecule has 4 nitrogen and oxygen atoms in total. The Bertz CT molecular complexity index is 751. The Kier molecular flexibility index (Phi) is 4.61. The number of nitrogens with two attached hydrogens (primary N) is 2. The van der Waals surface area contributed by atoms with Crippen molar-refractivity contribution in [3.05, 3.63) is 53.1 Å². The van der Waals surface area contributed by atoms with E-state index in [0.717, 1.165) is 10.6 Å². The van der Waals surface area contributed by atoms with Gasteiger partial charge in [0.2, 0.25) is 10.0 Å². The molecule has 21 heavy (non-hydrogen) atoms. The van der Waals surface area contributed by atoms with E-state index in [4.69, 9.17) is 10.9 Å². The maximum Gasteiger partial charge on any atom is 0.238 e. The van der Waals surface area contributed by atoms with Gasteiger partial charge in [-0.05, 0) is 37.6 Å². The molecule has 4 N–H and O–H groups in total. The summed E-state index contributed by atoms with van der Waals surface area (Å²) >= 11 is 1.58. The topological polar surface area (TPSA) is 86.2 Å². The Morgan fingerprint density at radius 2 is 1.67 bits per heavy atom. The third-order valence-corrected chi connectivity index (χ3v) is 5.06. The van der Waals surface area contributed by atoms with Crippen molar-refractivity contribution in [1.82, 2.24) is 0 Å². The van der Waals surface area contributed by atoms with E-state index in [1.165, 1.54) is 28.8 Å². The number of anilines is 1. The van der Waals surface area contributed by atoms with Gasteiger partial charge in [-0.15, -0.1) is 11.8 Å². The Morgan fingerprint density at radius 3 is 2.19 bits per heavy atom. The molecule has 0 aliphatic heterocycles. The third kappa shape index (κ3) is 4.23. The molecule has 0 heterocycles. The van der Waals surface area contributed by atoms with Gasteiger partial charge in [-0.1, -0.05) is 29.3 Å². The second-order valence-corrected chi connectivity index (χ2v) is 7.61. The number of primary sulfonamides is 1. The van der Waals surface area contributed by atoms with Gasteiger partial charge in [0.1, 0.15) is 0 Å². The molecule has 0 aromatic heterocycles. The molecule has 0 saturated heterocycles. The summed E-state index contributed by atoms with van der Waals surface area (Å²) in [6.07, 6.45) is 0. The number of sulfonamides is 1. The maximum absolute atomic E-state index is 11.3. The molecule has 0 radical (unpaired) electrons. The molecule has 112 valence electrons. The number of benzene rings is 2. The summed E-state index contributed by atoms with van der Waals surface area (Å²) in [7, 11) is -3.71. The van der Waals surface area contributed by atoms with E-state index < -0.39 is 10.0 Å². The van der Waals surface area contributed by atoms with Crippen molar-refractivity contribution in [2.45, 2.75) is 29.4 Å². The zero-order valence-electron chi connectivity index (χ0n) is 12.0. The molecule has 0 atom stereocenters. The first-order chi connectivity index (χ1) is 9.75. The third-order valence-electron chi connectivity index (χ3n) is 2.99. The predicted octanol–water partition coefficient (Wildman–Crippen LogP) is 2.83. The first-order valence-corrected chi connectivity index (χ1v) is 8.91. The predicted molar refractivity (Wildman–Crippen MR) is 87.7 cm³/mol. The van der Waals surface area contributed by atoms with E-state index >= 15 is 0 Å². The molecule has 2 aromatic carbocycles. The summed E-state index contributed by atoms with van der Waals surface area (Å²) in [5.74, 6) is 0.779. The highest BCUT2D eigenvalue weighted by Gasteiger charge is 2.10. The van der Waals surface area contributed by atoms with Crippen molar-refractivity contribution < 1.29 is 8.42 Å². The number of aryl methyl sites for hydroxylation is 2. The number of nitrogen functional groups attached to an aromatic ring is 1. The Hall–Kier alpha value is -1.50. The lowest BCUT2D eigenvalue weighted by atomic mass is 10.1. The zero-order chi connectivity index (χ0) is 15.6. The summed E-state index contributed by atoms with van der Waals surface area (Å²) in [6.45, 7) is 4.13. The van der Waals surface area contributed by atoms with Crippen molar-refractivity contribution in [1.29, 1.82) is 0 Å². The number of hydrogen-bond donors (Lipinski definition) is 2. The van der Waals surface area contributed by atoms with Crippen molar-refractivity contribution in [3.8, 4) is 0 Å². The van der Waals surface area contributed by atoms with Gasteiger partial charge in [-0.25, -0.2) is 13.6 Å². The quantitative estimate of drug-likeness (QED) is 0.669. The highest BCUT2D eigenvalue weighted by molar-refractivity contribution is 7.98. The number of thioether (sulfide) groups is 1. The van der Waals surface area contributed by atoms with E-state index in [1.54, 1.807) is 17.8 Å². The lowest BCUT2D eigenvalue weighted by molar-refractivity contribution is 0.598. The van der Waals surface area contributed by atoms with E-state index in [-0.39, 0.29) is 4.90 Å². The van der Waals surface area contributed by atoms with Crippen molar-refractivity contribution in [2.24, 2.45) is 5.14 Å². The molecule has 2 rings (SSSR count). The number of rotatable bonds is 4. The fourth-order valence-electron chi connectivity index (χ4n) is 2.15. The molecule has 6 heteroatoms. The summed E-state index contributed by atoms with van der Waals surface area (Å²) in [4.78, 5) is 0.886. The van der Waals surface area contributed by atoms with Gasteiger partial charge in [-0.3, -0.25) is 0 Å². The maximum atomic E-state index is 11.3. The minimum atomic E-state index is -3.71. The van der Waals surface area contributed by atoms with Crippen LogP contribution in [-0.4, -0.2) is 8.42 Å². The second kappa shape index (κ2) is 6.09. The molecule has 0 saturated carbocycles. The van der Waals surface area contributed by atoms with Gasteiger partial charge < -0.3 is 5.73 Å². The van der Waals surface area contributed by atoms with Gasteiger partial charge in [0, 0.05) is 16.3 Å². The average molecular weight is 322 g/mol. The van der Waals surface area contributed by atoms with Crippen LogP contribution in [-0.2, 0) is 15.8 Å². The first-order valence-electron chi connectivity index (χ1n) is 6.38. The van der Waals surface area contributed by atoms with Crippen LogP contribution in [0.3, 0.4) is 0 Å². The Labute approximate surface area is 129 Å². The highest BCUT2D eigenvalue weighted by Crippen LogP contribution is 2.30. The van der Waals surface area contributed by atoms with Gasteiger partial charge in [-0.2, -0.15) is 0 Å². The monoisotopic (exact) mass is 322 g/mol. The molecule has 0 unspecified atom stereocenters. The van der Waals surface area contributed by atoms with Crippen LogP contribution in [0.15, 0.2) is 46.2 Å². The molecule has 0 bridgehead atoms. The molecule has 0 aliphatic rings. The second-order valence-electron chi connectivity index (χ2n) is 5.03. The standard InChI is InChI=1S/C15H18N2O2S2/c1-10-5-11(2)7-12(6-10)9-20-15-4-3-13(8-14(15)16)21(17,18)19/h3-8H,9,16H2,1-2H3,(H2,17,18,19). The molecule has 2 aromatic rings. The van der Waals surface area contributed by atoms with Crippen LogP contribution in [0.5, 0.6) is 0 Å². The Balaban J connectivity index is 2.17. The zero-order valence-corrected chi connectivity index (χ0v) is 13.6. The Morgan fingerprint density at radius 1 is 1.05 bits per heavy atom. The van der Waals surface area contributed by atoms with Gasteiger partial charge in [0.15, 0.2) is 0 Å². The van der Waals surface area contributed by atoms with Crippen LogP contribution in [0.2, 0.25) is 0 Å². The van der Waals surface area contributed by atoms with Crippen LogP contribution in [0, 0.1) is 13.8 Å². The molecule has 0 amide bonds. The van der Waals surface area contributed by atoms with Crippen molar-refractivity contribution in [3.63, 3.8) is 0 Å². The largest absolute Gasteiger partial charge is 0.398 e. The van der Waals surface area contributed by atoms with E-state index in [0.29, 0.717) is 5.69 Å². The normalized spacial score (nSPS) is 11.6. The van der Waals surface area contributed by atoms with Crippen LogP contribution >= 0.6 is 11.8 Å². The summed E-state index contributed by atoms with van der Waals surface area (Å²) in [5, 5.41) is 5.08. The fourth-order valence-corrected chi connectivity index (χ4v) is 3.58. The highest BCUT2D eigenvalue weighted by atomic mass is 32.2. The van der Waals surface area contributed by atoms with Crippen molar-refractivity contribution in [2.75, 3.05) is 5.73 Å². The SMILES string of the molecule is Cc1cc(C)cc(CSc2ccc(S(N)(=O)=O)cc2N)c1. The van der Waals surface area contributed by atoms with Crippen LogP contribution in [0.25, 0.3) is 0 Å². The average Bonchev–Trinajstić information content (AvgIpc) is 2.35. The molecule has 0 fully saturated rings. The van der Waals surface area contributed by atoms with E-state index in [1.807, 2.05) is 0 Å². The molecular weight excluding hydrogens is 304 g/mol. The minimum absolute atomic E-state index is 0.0377. The lowest BCUT2D eigenvalue weighted by Crippen LogP contribution is -2.12. The summed E-state index contributed by atoms with van der Waals surface area (Å²) < 4.78 is 22.5. The lowest BCUT2D eigenvalue weighted by Gasteiger charge is -2.08. The number of hydrogen-bond acceptors (Lipinski definition) is 4. The van der Waals surface area contributed by atoms with E-state index in [9.17, 15) is 8.42 Å². The van der Waals surface area contributed by atoms with E-state index in [2.05, 4.69) is 32.0 Å². The minimum Gasteiger partial charge on any atom is -0.398 e. The molecule has 0 spiro atoms. The van der Waals surface area contributed by atoms with Gasteiger partial charge in [0.05, 0.1) is 4.90 Å². The van der Waals surface area contributed by atoms with Gasteiger partial charge in [0.25, 0.3) is 0 Å². The first kappa shape index (κ1) is 15.9. The smallest absolute Gasteiger partial charge is 0.238 e. The summed E-state index contributed by atoms with van der Waals surface area (Å²) in [6, 6.07) is 11.0. The van der Waals surface area contributed by atoms with Gasteiger partial charge >= 0.3 is 0 Å². The molecular formula is C15H18N2O2S2.